The van der Waals surface area contributed by atoms with Crippen LogP contribution in [0.1, 0.15) is 20.7 Å². The van der Waals surface area contributed by atoms with E-state index >= 15 is 0 Å². The normalized spacial score (nSPS) is 13.1. The Bertz CT molecular complexity index is 1120. The molecule has 0 atom stereocenters. The van der Waals surface area contributed by atoms with E-state index < -0.39 is 16.7 Å². The Morgan fingerprint density at radius 1 is 0.929 bits per heavy atom. The molecule has 0 radical (unpaired) electrons. The third-order valence-corrected chi connectivity index (χ3v) is 4.56. The van der Waals surface area contributed by atoms with Crippen molar-refractivity contribution in [2.75, 3.05) is 13.2 Å². The zero-order valence-electron chi connectivity index (χ0n) is 14.5. The number of carbonyl (C=O) groups excluding carboxylic acids is 2. The van der Waals surface area contributed by atoms with Gasteiger partial charge in [0.15, 0.2) is 0 Å². The third kappa shape index (κ3) is 2.67. The van der Waals surface area contributed by atoms with Crippen molar-refractivity contribution in [1.82, 2.24) is 4.90 Å². The van der Waals surface area contributed by atoms with E-state index in [0.717, 1.165) is 4.90 Å². The average Bonchev–Trinajstić information content (AvgIpc) is 2.70. The molecule has 2 amide bonds. The van der Waals surface area contributed by atoms with Crippen LogP contribution in [0.2, 0.25) is 0 Å². The summed E-state index contributed by atoms with van der Waals surface area (Å²) in [5.41, 5.74) is 0.436. The van der Waals surface area contributed by atoms with E-state index in [1.165, 1.54) is 24.3 Å². The molecule has 0 saturated heterocycles. The van der Waals surface area contributed by atoms with Crippen molar-refractivity contribution in [2.24, 2.45) is 0 Å². The number of ether oxygens (including phenoxy) is 1. The number of hydrogen-bond donors (Lipinski definition) is 1. The topological polar surface area (TPSA) is 110 Å². The molecule has 0 aromatic heterocycles. The van der Waals surface area contributed by atoms with Crippen LogP contribution in [-0.2, 0) is 0 Å². The summed E-state index contributed by atoms with van der Waals surface area (Å²) in [6.45, 7) is -0.427. The molecule has 0 saturated carbocycles. The van der Waals surface area contributed by atoms with Gasteiger partial charge < -0.3 is 9.84 Å². The molecule has 0 fully saturated rings. The van der Waals surface area contributed by atoms with Gasteiger partial charge >= 0.3 is 5.69 Å². The maximum atomic E-state index is 12.7. The van der Waals surface area contributed by atoms with Crippen molar-refractivity contribution in [3.63, 3.8) is 0 Å². The molecule has 4 rings (SSSR count). The van der Waals surface area contributed by atoms with Gasteiger partial charge in [-0.05, 0) is 24.3 Å². The van der Waals surface area contributed by atoms with E-state index in [9.17, 15) is 19.7 Å². The van der Waals surface area contributed by atoms with Gasteiger partial charge in [0.25, 0.3) is 11.8 Å². The fourth-order valence-electron chi connectivity index (χ4n) is 3.32. The van der Waals surface area contributed by atoms with Gasteiger partial charge in [-0.1, -0.05) is 24.3 Å². The van der Waals surface area contributed by atoms with Crippen molar-refractivity contribution >= 4 is 28.3 Å². The van der Waals surface area contributed by atoms with Gasteiger partial charge in [-0.25, -0.2) is 0 Å². The number of β-amino-alcohol motifs (C(OH)–C–C–N with tert-alkyl or cyclic N) is 1. The number of hydrogen-bond acceptors (Lipinski definition) is 6. The quantitative estimate of drug-likeness (QED) is 0.415. The van der Waals surface area contributed by atoms with Crippen LogP contribution >= 0.6 is 0 Å². The number of nitro benzene ring substituents is 1. The molecule has 1 aliphatic rings. The summed E-state index contributed by atoms with van der Waals surface area (Å²) in [5.74, 6) is -0.644. The molecular weight excluding hydrogens is 364 g/mol. The van der Waals surface area contributed by atoms with Crippen LogP contribution < -0.4 is 4.74 Å². The summed E-state index contributed by atoms with van der Waals surface area (Å²) in [7, 11) is 0. The molecule has 0 bridgehead atoms. The van der Waals surface area contributed by atoms with Gasteiger partial charge in [-0.3, -0.25) is 24.6 Å². The monoisotopic (exact) mass is 378 g/mol. The number of nitro groups is 1. The van der Waals surface area contributed by atoms with Crippen LogP contribution in [0.15, 0.2) is 54.6 Å². The second kappa shape index (κ2) is 6.75. The third-order valence-electron chi connectivity index (χ3n) is 4.56. The number of nitrogens with zero attached hydrogens (tertiary/aromatic N) is 2. The van der Waals surface area contributed by atoms with Gasteiger partial charge in [-0.2, -0.15) is 0 Å². The zero-order valence-corrected chi connectivity index (χ0v) is 14.5. The maximum Gasteiger partial charge on any atom is 0.311 e. The summed E-state index contributed by atoms with van der Waals surface area (Å²) in [6, 6.07) is 14.0. The number of aliphatic hydroxyl groups excluding tert-OH is 1. The lowest BCUT2D eigenvalue weighted by Gasteiger charge is -2.27. The van der Waals surface area contributed by atoms with E-state index in [4.69, 9.17) is 9.84 Å². The number of imide groups is 1. The van der Waals surface area contributed by atoms with Crippen molar-refractivity contribution in [1.29, 1.82) is 0 Å². The maximum absolute atomic E-state index is 12.7. The highest BCUT2D eigenvalue weighted by atomic mass is 16.6. The van der Waals surface area contributed by atoms with Crippen molar-refractivity contribution in [3.05, 3.63) is 75.8 Å². The van der Waals surface area contributed by atoms with Gasteiger partial charge in [0.1, 0.15) is 5.75 Å². The minimum atomic E-state index is -0.541. The first-order chi connectivity index (χ1) is 13.5. The average molecular weight is 378 g/mol. The van der Waals surface area contributed by atoms with Gasteiger partial charge in [-0.15, -0.1) is 0 Å². The Kier molecular flexibility index (Phi) is 4.25. The minimum Gasteiger partial charge on any atom is -0.449 e. The lowest BCUT2D eigenvalue weighted by atomic mass is 9.93. The summed E-state index contributed by atoms with van der Waals surface area (Å²) in [6.07, 6.45) is 0. The number of carbonyl (C=O) groups is 2. The van der Waals surface area contributed by atoms with E-state index in [2.05, 4.69) is 0 Å². The van der Waals surface area contributed by atoms with Crippen LogP contribution in [0, 0.1) is 10.1 Å². The molecular formula is C20H14N2O6. The Morgan fingerprint density at radius 2 is 1.64 bits per heavy atom. The predicted molar refractivity (Wildman–Crippen MR) is 99.6 cm³/mol. The molecule has 3 aromatic rings. The van der Waals surface area contributed by atoms with E-state index in [0.29, 0.717) is 27.6 Å². The molecule has 28 heavy (non-hydrogen) atoms. The molecule has 8 nitrogen and oxygen atoms in total. The molecule has 1 N–H and O–H groups in total. The molecule has 1 heterocycles. The molecule has 0 aliphatic carbocycles. The first-order valence-corrected chi connectivity index (χ1v) is 8.47. The highest BCUT2D eigenvalue weighted by molar-refractivity contribution is 6.26. The zero-order chi connectivity index (χ0) is 19.8. The second-order valence-electron chi connectivity index (χ2n) is 6.15. The van der Waals surface area contributed by atoms with Gasteiger partial charge in [0.2, 0.25) is 5.75 Å². The van der Waals surface area contributed by atoms with Crippen molar-refractivity contribution in [2.45, 2.75) is 0 Å². The highest BCUT2D eigenvalue weighted by Crippen LogP contribution is 2.39. The van der Waals surface area contributed by atoms with Crippen LogP contribution in [0.5, 0.6) is 11.5 Å². The smallest absolute Gasteiger partial charge is 0.311 e. The lowest BCUT2D eigenvalue weighted by Crippen LogP contribution is -2.41. The number of rotatable bonds is 5. The second-order valence-corrected chi connectivity index (χ2v) is 6.15. The standard InChI is InChI=1S/C20H14N2O6/c23-11-10-21-19(24)13-5-3-4-12-16(9-8-14(18(12)13)20(21)25)28-17-7-2-1-6-15(17)22(26)27/h1-9,23H,10-11H2. The van der Waals surface area contributed by atoms with E-state index in [1.54, 1.807) is 30.3 Å². The van der Waals surface area contributed by atoms with Crippen molar-refractivity contribution in [3.8, 4) is 11.5 Å². The highest BCUT2D eigenvalue weighted by Gasteiger charge is 2.33. The van der Waals surface area contributed by atoms with Crippen molar-refractivity contribution < 1.29 is 24.4 Å². The lowest BCUT2D eigenvalue weighted by molar-refractivity contribution is -0.385. The first-order valence-electron chi connectivity index (χ1n) is 8.47. The summed E-state index contributed by atoms with van der Waals surface area (Å²) in [4.78, 5) is 37.1. The summed E-state index contributed by atoms with van der Waals surface area (Å²) >= 11 is 0. The van der Waals surface area contributed by atoms with Crippen LogP contribution in [0.25, 0.3) is 10.8 Å². The Morgan fingerprint density at radius 3 is 2.36 bits per heavy atom. The predicted octanol–water partition coefficient (Wildman–Crippen LogP) is 3.13. The Labute approximate surface area is 158 Å². The van der Waals surface area contributed by atoms with Gasteiger partial charge in [0, 0.05) is 28.0 Å². The van der Waals surface area contributed by atoms with Crippen LogP contribution in [-0.4, -0.2) is 39.9 Å². The largest absolute Gasteiger partial charge is 0.449 e. The number of amides is 2. The molecule has 8 heteroatoms. The fourth-order valence-corrected chi connectivity index (χ4v) is 3.32. The van der Waals surface area contributed by atoms with Crippen LogP contribution in [0.4, 0.5) is 5.69 Å². The molecule has 0 spiro atoms. The molecule has 1 aliphatic heterocycles. The first kappa shape index (κ1) is 17.6. The molecule has 3 aromatic carbocycles. The minimum absolute atomic E-state index is 0.0589. The van der Waals surface area contributed by atoms with E-state index in [1.807, 2.05) is 0 Å². The SMILES string of the molecule is O=C1c2cccc3c(Oc4ccccc4[N+](=O)[O-])ccc(c23)C(=O)N1CCO. The fraction of sp³-hybridized carbons (Fsp3) is 0.100. The van der Waals surface area contributed by atoms with E-state index in [-0.39, 0.29) is 24.6 Å². The van der Waals surface area contributed by atoms with Gasteiger partial charge in [0.05, 0.1) is 18.1 Å². The summed E-state index contributed by atoms with van der Waals surface area (Å²) < 4.78 is 5.79. The number of benzene rings is 3. The molecule has 140 valence electrons. The Hall–Kier alpha value is -3.78. The molecule has 0 unspecified atom stereocenters. The van der Waals surface area contributed by atoms with Crippen LogP contribution in [0.3, 0.4) is 0 Å². The number of para-hydroxylation sites is 2. The summed E-state index contributed by atoms with van der Waals surface area (Å²) in [5, 5.41) is 21.3. The Balaban J connectivity index is 1.87. The number of aliphatic hydroxyl groups is 1.